The van der Waals surface area contributed by atoms with Crippen LogP contribution in [-0.4, -0.2) is 29.4 Å². The standard InChI is InChI=1S/C23H23N3O4S/c1-2-3-14-30-22-13-8-17-6-4-5-7-20(17)21(22)15-24-25-23(27)16-31-19-11-9-18(10-12-19)26(28)29/h4-13,15H,2-3,14,16H2,1H3,(H,25,27)/b24-15-. The number of benzene rings is 3. The first-order valence-electron chi connectivity index (χ1n) is 9.92. The van der Waals surface area contributed by atoms with E-state index in [4.69, 9.17) is 4.74 Å². The predicted molar refractivity (Wildman–Crippen MR) is 124 cm³/mol. The van der Waals surface area contributed by atoms with E-state index in [9.17, 15) is 14.9 Å². The van der Waals surface area contributed by atoms with Crippen molar-refractivity contribution in [3.63, 3.8) is 0 Å². The molecule has 0 radical (unpaired) electrons. The lowest BCUT2D eigenvalue weighted by Crippen LogP contribution is -2.19. The number of hydrogen-bond donors (Lipinski definition) is 1. The van der Waals surface area contributed by atoms with E-state index < -0.39 is 4.92 Å². The maximum atomic E-state index is 12.2. The SMILES string of the molecule is CCCCOc1ccc2ccccc2c1/C=N\NC(=O)CSc1ccc([N+](=O)[O-])cc1. The van der Waals surface area contributed by atoms with Crippen molar-refractivity contribution in [2.24, 2.45) is 5.10 Å². The van der Waals surface area contributed by atoms with Crippen LogP contribution >= 0.6 is 11.8 Å². The lowest BCUT2D eigenvalue weighted by Gasteiger charge is -2.11. The molecule has 0 atom stereocenters. The molecular formula is C23H23N3O4S. The minimum Gasteiger partial charge on any atom is -0.493 e. The zero-order chi connectivity index (χ0) is 22.1. The van der Waals surface area contributed by atoms with Crippen molar-refractivity contribution in [1.82, 2.24) is 5.43 Å². The number of amides is 1. The van der Waals surface area contributed by atoms with Gasteiger partial charge in [-0.1, -0.05) is 43.7 Å². The van der Waals surface area contributed by atoms with Gasteiger partial charge in [0.15, 0.2) is 0 Å². The predicted octanol–water partition coefficient (Wildman–Crippen LogP) is 5.17. The van der Waals surface area contributed by atoms with E-state index >= 15 is 0 Å². The lowest BCUT2D eigenvalue weighted by molar-refractivity contribution is -0.384. The number of thioether (sulfide) groups is 1. The summed E-state index contributed by atoms with van der Waals surface area (Å²) in [7, 11) is 0. The van der Waals surface area contributed by atoms with Gasteiger partial charge in [0.05, 0.1) is 23.5 Å². The van der Waals surface area contributed by atoms with Crippen LogP contribution in [0.5, 0.6) is 5.75 Å². The van der Waals surface area contributed by atoms with Crippen molar-refractivity contribution < 1.29 is 14.5 Å². The van der Waals surface area contributed by atoms with Crippen LogP contribution in [0.4, 0.5) is 5.69 Å². The number of carbonyl (C=O) groups excluding carboxylic acids is 1. The first kappa shape index (κ1) is 22.3. The van der Waals surface area contributed by atoms with Crippen molar-refractivity contribution in [2.75, 3.05) is 12.4 Å². The first-order chi connectivity index (χ1) is 15.1. The van der Waals surface area contributed by atoms with Crippen molar-refractivity contribution in [2.45, 2.75) is 24.7 Å². The fourth-order valence-electron chi connectivity index (χ4n) is 2.88. The number of ether oxygens (including phenoxy) is 1. The summed E-state index contributed by atoms with van der Waals surface area (Å²) in [6.07, 6.45) is 3.61. The molecule has 0 fully saturated rings. The average Bonchev–Trinajstić information content (AvgIpc) is 2.79. The van der Waals surface area contributed by atoms with Gasteiger partial charge in [-0.3, -0.25) is 14.9 Å². The van der Waals surface area contributed by atoms with Gasteiger partial charge in [-0.05, 0) is 35.4 Å². The second kappa shape index (κ2) is 11.1. The van der Waals surface area contributed by atoms with Gasteiger partial charge in [0, 0.05) is 22.6 Å². The molecule has 0 aliphatic carbocycles. The number of nitrogens with zero attached hydrogens (tertiary/aromatic N) is 2. The maximum absolute atomic E-state index is 12.2. The Morgan fingerprint density at radius 2 is 1.94 bits per heavy atom. The number of nitrogens with one attached hydrogen (secondary N) is 1. The van der Waals surface area contributed by atoms with Crippen LogP contribution in [0.15, 0.2) is 70.7 Å². The van der Waals surface area contributed by atoms with Crippen LogP contribution in [0.3, 0.4) is 0 Å². The summed E-state index contributed by atoms with van der Waals surface area (Å²) in [6.45, 7) is 2.73. The number of nitro benzene ring substituents is 1. The Morgan fingerprint density at radius 3 is 2.68 bits per heavy atom. The Hall–Kier alpha value is -3.39. The van der Waals surface area contributed by atoms with E-state index in [2.05, 4.69) is 17.5 Å². The molecule has 0 aromatic heterocycles. The zero-order valence-corrected chi connectivity index (χ0v) is 17.9. The quantitative estimate of drug-likeness (QED) is 0.155. The average molecular weight is 438 g/mol. The van der Waals surface area contributed by atoms with Crippen molar-refractivity contribution in [3.05, 3.63) is 76.3 Å². The van der Waals surface area contributed by atoms with Gasteiger partial charge in [-0.15, -0.1) is 11.8 Å². The number of nitro groups is 1. The zero-order valence-electron chi connectivity index (χ0n) is 17.1. The first-order valence-corrected chi connectivity index (χ1v) is 10.9. The molecule has 0 spiro atoms. The molecule has 0 saturated heterocycles. The van der Waals surface area contributed by atoms with Crippen molar-refractivity contribution in [3.8, 4) is 5.75 Å². The number of hydrogen-bond acceptors (Lipinski definition) is 6. The maximum Gasteiger partial charge on any atom is 0.269 e. The summed E-state index contributed by atoms with van der Waals surface area (Å²) in [5.41, 5.74) is 3.37. The topological polar surface area (TPSA) is 93.8 Å². The molecule has 3 aromatic carbocycles. The van der Waals surface area contributed by atoms with E-state index in [-0.39, 0.29) is 17.3 Å². The number of unbranched alkanes of at least 4 members (excludes halogenated alkanes) is 1. The van der Waals surface area contributed by atoms with Crippen LogP contribution in [0, 0.1) is 10.1 Å². The van der Waals surface area contributed by atoms with E-state index in [0.717, 1.165) is 39.8 Å². The molecule has 3 rings (SSSR count). The van der Waals surface area contributed by atoms with E-state index in [1.165, 1.54) is 23.9 Å². The molecule has 0 unspecified atom stereocenters. The Morgan fingerprint density at radius 1 is 1.16 bits per heavy atom. The third-order valence-corrected chi connectivity index (χ3v) is 5.50. The summed E-state index contributed by atoms with van der Waals surface area (Å²) in [5.74, 6) is 0.601. The monoisotopic (exact) mass is 437 g/mol. The van der Waals surface area contributed by atoms with Gasteiger partial charge in [0.1, 0.15) is 5.75 Å². The van der Waals surface area contributed by atoms with Crippen LogP contribution in [-0.2, 0) is 4.79 Å². The molecule has 8 heteroatoms. The van der Waals surface area contributed by atoms with E-state index in [0.29, 0.717) is 6.61 Å². The summed E-state index contributed by atoms with van der Waals surface area (Å²) in [5, 5.41) is 16.9. The van der Waals surface area contributed by atoms with Crippen LogP contribution in [0.2, 0.25) is 0 Å². The summed E-state index contributed by atoms with van der Waals surface area (Å²) < 4.78 is 5.92. The highest BCUT2D eigenvalue weighted by Crippen LogP contribution is 2.27. The van der Waals surface area contributed by atoms with Crippen molar-refractivity contribution >= 4 is 40.3 Å². The lowest BCUT2D eigenvalue weighted by atomic mass is 10.0. The minimum atomic E-state index is -0.455. The van der Waals surface area contributed by atoms with Gasteiger partial charge in [0.2, 0.25) is 5.91 Å². The highest BCUT2D eigenvalue weighted by atomic mass is 32.2. The molecule has 7 nitrogen and oxygen atoms in total. The molecule has 0 aliphatic heterocycles. The van der Waals surface area contributed by atoms with Crippen LogP contribution in [0.25, 0.3) is 10.8 Å². The molecule has 0 bridgehead atoms. The van der Waals surface area contributed by atoms with E-state index in [1.54, 1.807) is 18.3 Å². The molecule has 0 aliphatic rings. The van der Waals surface area contributed by atoms with Crippen LogP contribution < -0.4 is 10.2 Å². The van der Waals surface area contributed by atoms with Gasteiger partial charge >= 0.3 is 0 Å². The molecule has 1 N–H and O–H groups in total. The summed E-state index contributed by atoms with van der Waals surface area (Å²) in [6, 6.07) is 17.9. The Bertz CT molecular complexity index is 1080. The molecule has 3 aromatic rings. The summed E-state index contributed by atoms with van der Waals surface area (Å²) >= 11 is 1.28. The fraction of sp³-hybridized carbons (Fsp3) is 0.217. The highest BCUT2D eigenvalue weighted by Gasteiger charge is 2.09. The Labute approximate surface area is 184 Å². The molecule has 0 heterocycles. The largest absolute Gasteiger partial charge is 0.493 e. The molecule has 0 saturated carbocycles. The fourth-order valence-corrected chi connectivity index (χ4v) is 3.57. The number of carbonyl (C=O) groups is 1. The van der Waals surface area contributed by atoms with Gasteiger partial charge < -0.3 is 4.74 Å². The number of non-ortho nitro benzene ring substituents is 1. The summed E-state index contributed by atoms with van der Waals surface area (Å²) in [4.78, 5) is 23.2. The normalized spacial score (nSPS) is 11.0. The van der Waals surface area contributed by atoms with Gasteiger partial charge in [0.25, 0.3) is 5.69 Å². The molecule has 160 valence electrons. The third-order valence-electron chi connectivity index (χ3n) is 4.49. The Balaban J connectivity index is 1.64. The smallest absolute Gasteiger partial charge is 0.269 e. The van der Waals surface area contributed by atoms with Crippen molar-refractivity contribution in [1.29, 1.82) is 0 Å². The molecular weight excluding hydrogens is 414 g/mol. The second-order valence-corrected chi connectivity index (χ2v) is 7.78. The van der Waals surface area contributed by atoms with E-state index in [1.807, 2.05) is 36.4 Å². The number of rotatable bonds is 10. The van der Waals surface area contributed by atoms with Gasteiger partial charge in [-0.25, -0.2) is 5.43 Å². The minimum absolute atomic E-state index is 0.0189. The number of fused-ring (bicyclic) bond motifs is 1. The molecule has 1 amide bonds. The number of hydrazone groups is 1. The van der Waals surface area contributed by atoms with Gasteiger partial charge in [-0.2, -0.15) is 5.10 Å². The second-order valence-electron chi connectivity index (χ2n) is 6.73. The highest BCUT2D eigenvalue weighted by molar-refractivity contribution is 8.00. The third kappa shape index (κ3) is 6.29. The Kier molecular flexibility index (Phi) is 8.00. The molecule has 31 heavy (non-hydrogen) atoms. The van der Waals surface area contributed by atoms with Crippen LogP contribution in [0.1, 0.15) is 25.3 Å².